The molecule has 0 bridgehead atoms. The summed E-state index contributed by atoms with van der Waals surface area (Å²) >= 11 is 5.89. The molecule has 0 spiro atoms. The van der Waals surface area contributed by atoms with Crippen LogP contribution in [-0.2, 0) is 10.6 Å². The fourth-order valence-electron chi connectivity index (χ4n) is 1.92. The number of halogens is 2. The minimum Gasteiger partial charge on any atom is -0.383 e. The second-order valence-corrected chi connectivity index (χ2v) is 5.01. The first kappa shape index (κ1) is 15.3. The van der Waals surface area contributed by atoms with Gasteiger partial charge >= 0.3 is 0 Å². The second kappa shape index (κ2) is 7.59. The lowest BCUT2D eigenvalue weighted by Crippen LogP contribution is -2.31. The highest BCUT2D eigenvalue weighted by Gasteiger charge is 2.13. The van der Waals surface area contributed by atoms with Crippen molar-refractivity contribution in [1.82, 2.24) is 0 Å². The molecule has 0 unspecified atom stereocenters. The van der Waals surface area contributed by atoms with Gasteiger partial charge in [0.25, 0.3) is 0 Å². The summed E-state index contributed by atoms with van der Waals surface area (Å²) < 4.78 is 18.3. The molecule has 1 aromatic carbocycles. The van der Waals surface area contributed by atoms with Gasteiger partial charge in [-0.3, -0.25) is 0 Å². The average molecular weight is 274 g/mol. The van der Waals surface area contributed by atoms with Crippen LogP contribution < -0.4 is 4.90 Å². The molecule has 102 valence electrons. The molecule has 2 nitrogen and oxygen atoms in total. The average Bonchev–Trinajstić information content (AvgIpc) is 2.34. The molecule has 4 heteroatoms. The predicted molar refractivity (Wildman–Crippen MR) is 74.9 cm³/mol. The van der Waals surface area contributed by atoms with Crippen molar-refractivity contribution in [3.63, 3.8) is 0 Å². The highest BCUT2D eigenvalue weighted by molar-refractivity contribution is 6.17. The van der Waals surface area contributed by atoms with Crippen LogP contribution in [0.4, 0.5) is 10.1 Å². The Morgan fingerprint density at radius 1 is 1.39 bits per heavy atom. The number of rotatable bonds is 7. The molecule has 0 heterocycles. The number of methoxy groups -OCH3 is 1. The molecular formula is C14H21ClFNO. The van der Waals surface area contributed by atoms with Gasteiger partial charge in [0.15, 0.2) is 0 Å². The van der Waals surface area contributed by atoms with Crippen LogP contribution in [0.3, 0.4) is 0 Å². The van der Waals surface area contributed by atoms with Crippen LogP contribution in [0.25, 0.3) is 0 Å². The van der Waals surface area contributed by atoms with Crippen LogP contribution in [0.5, 0.6) is 0 Å². The molecule has 0 saturated carbocycles. The lowest BCUT2D eigenvalue weighted by molar-refractivity contribution is 0.204. The highest BCUT2D eigenvalue weighted by atomic mass is 35.5. The molecule has 0 aliphatic carbocycles. The van der Waals surface area contributed by atoms with Crippen molar-refractivity contribution in [2.75, 3.05) is 31.7 Å². The van der Waals surface area contributed by atoms with E-state index in [0.717, 1.165) is 24.3 Å². The van der Waals surface area contributed by atoms with Gasteiger partial charge in [-0.25, -0.2) is 4.39 Å². The maximum atomic E-state index is 13.2. The Bertz CT molecular complexity index is 371. The summed E-state index contributed by atoms with van der Waals surface area (Å²) in [6.07, 6.45) is 0. The summed E-state index contributed by atoms with van der Waals surface area (Å²) in [7, 11) is 1.68. The number of hydrogen-bond donors (Lipinski definition) is 0. The van der Waals surface area contributed by atoms with Gasteiger partial charge < -0.3 is 9.64 Å². The fraction of sp³-hybridized carbons (Fsp3) is 0.571. The smallest absolute Gasteiger partial charge is 0.123 e. The Morgan fingerprint density at radius 2 is 2.11 bits per heavy atom. The van der Waals surface area contributed by atoms with Gasteiger partial charge in [-0.1, -0.05) is 13.8 Å². The Kier molecular flexibility index (Phi) is 6.44. The first-order valence-electron chi connectivity index (χ1n) is 6.16. The molecule has 0 amide bonds. The zero-order valence-electron chi connectivity index (χ0n) is 11.2. The summed E-state index contributed by atoms with van der Waals surface area (Å²) in [5, 5.41) is 0. The van der Waals surface area contributed by atoms with E-state index in [0.29, 0.717) is 18.4 Å². The van der Waals surface area contributed by atoms with Gasteiger partial charge in [0, 0.05) is 31.8 Å². The van der Waals surface area contributed by atoms with Crippen LogP contribution in [0.15, 0.2) is 18.2 Å². The van der Waals surface area contributed by atoms with Gasteiger partial charge in [-0.05, 0) is 29.7 Å². The standard InChI is InChI=1S/C14H21ClFNO/c1-11(2)10-17(6-7-18-3)14-5-4-13(16)8-12(14)9-15/h4-5,8,11H,6-7,9-10H2,1-3H3. The van der Waals surface area contributed by atoms with Crippen LogP contribution in [0, 0.1) is 11.7 Å². The summed E-state index contributed by atoms with van der Waals surface area (Å²) in [5.41, 5.74) is 1.82. The molecule has 0 saturated heterocycles. The quantitative estimate of drug-likeness (QED) is 0.703. The lowest BCUT2D eigenvalue weighted by atomic mass is 10.1. The topological polar surface area (TPSA) is 12.5 Å². The number of anilines is 1. The van der Waals surface area contributed by atoms with Gasteiger partial charge in [0.1, 0.15) is 5.82 Å². The zero-order chi connectivity index (χ0) is 13.5. The minimum absolute atomic E-state index is 0.245. The molecular weight excluding hydrogens is 253 g/mol. The Labute approximate surface area is 114 Å². The van der Waals surface area contributed by atoms with Crippen molar-refractivity contribution >= 4 is 17.3 Å². The van der Waals surface area contributed by atoms with Crippen molar-refractivity contribution in [1.29, 1.82) is 0 Å². The molecule has 18 heavy (non-hydrogen) atoms. The fourth-order valence-corrected chi connectivity index (χ4v) is 2.14. The molecule has 0 fully saturated rings. The molecule has 0 radical (unpaired) electrons. The molecule has 0 aromatic heterocycles. The van der Waals surface area contributed by atoms with Crippen LogP contribution in [0.2, 0.25) is 0 Å². The Balaban J connectivity index is 2.95. The van der Waals surface area contributed by atoms with Crippen molar-refractivity contribution in [2.24, 2.45) is 5.92 Å². The van der Waals surface area contributed by atoms with Crippen molar-refractivity contribution < 1.29 is 9.13 Å². The number of hydrogen-bond acceptors (Lipinski definition) is 2. The third-order valence-corrected chi connectivity index (χ3v) is 2.96. The number of ether oxygens (including phenoxy) is 1. The molecule has 1 rings (SSSR count). The van der Waals surface area contributed by atoms with Gasteiger partial charge in [0.05, 0.1) is 6.61 Å². The van der Waals surface area contributed by atoms with E-state index >= 15 is 0 Å². The van der Waals surface area contributed by atoms with E-state index in [2.05, 4.69) is 18.7 Å². The summed E-state index contributed by atoms with van der Waals surface area (Å²) in [4.78, 5) is 2.20. The molecule has 1 aromatic rings. The van der Waals surface area contributed by atoms with Gasteiger partial charge in [-0.2, -0.15) is 0 Å². The van der Waals surface area contributed by atoms with Gasteiger partial charge in [0.2, 0.25) is 0 Å². The molecule has 0 aliphatic rings. The van der Waals surface area contributed by atoms with E-state index < -0.39 is 0 Å². The molecule has 0 N–H and O–H groups in total. The summed E-state index contributed by atoms with van der Waals surface area (Å²) in [5.74, 6) is 0.593. The second-order valence-electron chi connectivity index (χ2n) is 4.74. The largest absolute Gasteiger partial charge is 0.383 e. The van der Waals surface area contributed by atoms with Gasteiger partial charge in [-0.15, -0.1) is 11.6 Å². The maximum absolute atomic E-state index is 13.2. The first-order valence-corrected chi connectivity index (χ1v) is 6.70. The van der Waals surface area contributed by atoms with E-state index in [1.165, 1.54) is 12.1 Å². The highest BCUT2D eigenvalue weighted by Crippen LogP contribution is 2.24. The third-order valence-electron chi connectivity index (χ3n) is 2.68. The SMILES string of the molecule is COCCN(CC(C)C)c1ccc(F)cc1CCl. The summed E-state index contributed by atoms with van der Waals surface area (Å²) in [6, 6.07) is 4.78. The van der Waals surface area contributed by atoms with Crippen LogP contribution in [-0.4, -0.2) is 26.8 Å². The number of benzene rings is 1. The van der Waals surface area contributed by atoms with Crippen molar-refractivity contribution in [3.05, 3.63) is 29.6 Å². The van der Waals surface area contributed by atoms with E-state index in [4.69, 9.17) is 16.3 Å². The first-order chi connectivity index (χ1) is 8.58. The number of alkyl halides is 1. The van der Waals surface area contributed by atoms with E-state index in [1.54, 1.807) is 13.2 Å². The van der Waals surface area contributed by atoms with Crippen LogP contribution in [0.1, 0.15) is 19.4 Å². The normalized spacial score (nSPS) is 11.0. The van der Waals surface area contributed by atoms with E-state index in [1.807, 2.05) is 0 Å². The zero-order valence-corrected chi connectivity index (χ0v) is 12.0. The monoisotopic (exact) mass is 273 g/mol. The minimum atomic E-state index is -0.245. The Hall–Kier alpha value is -0.800. The van der Waals surface area contributed by atoms with E-state index in [-0.39, 0.29) is 5.82 Å². The van der Waals surface area contributed by atoms with E-state index in [9.17, 15) is 4.39 Å². The van der Waals surface area contributed by atoms with Crippen molar-refractivity contribution in [3.8, 4) is 0 Å². The predicted octanol–water partition coefficient (Wildman–Crippen LogP) is 3.67. The maximum Gasteiger partial charge on any atom is 0.123 e. The molecule has 0 atom stereocenters. The molecule has 0 aliphatic heterocycles. The van der Waals surface area contributed by atoms with Crippen LogP contribution >= 0.6 is 11.6 Å². The van der Waals surface area contributed by atoms with Crippen molar-refractivity contribution in [2.45, 2.75) is 19.7 Å². The third kappa shape index (κ3) is 4.46. The number of nitrogens with zero attached hydrogens (tertiary/aromatic N) is 1. The summed E-state index contributed by atoms with van der Waals surface area (Å²) in [6.45, 7) is 6.64. The Morgan fingerprint density at radius 3 is 2.67 bits per heavy atom. The lowest BCUT2D eigenvalue weighted by Gasteiger charge is -2.28.